The molecule has 2 N–H and O–H groups in total. The van der Waals surface area contributed by atoms with Gasteiger partial charge in [-0.2, -0.15) is 10.1 Å². The molecular weight excluding hydrogens is 384 g/mol. The van der Waals surface area contributed by atoms with Gasteiger partial charge in [-0.25, -0.2) is 0 Å². The minimum absolute atomic E-state index is 0.184. The first-order valence-corrected chi connectivity index (χ1v) is 9.24. The van der Waals surface area contributed by atoms with Crippen LogP contribution in [0, 0.1) is 6.92 Å². The quantitative estimate of drug-likeness (QED) is 0.484. The van der Waals surface area contributed by atoms with Gasteiger partial charge in [0.2, 0.25) is 0 Å². The molecule has 0 radical (unpaired) electrons. The number of hydrogen-bond acceptors (Lipinski definition) is 7. The molecule has 0 spiro atoms. The second-order valence-corrected chi connectivity index (χ2v) is 6.61. The SMILES string of the molecule is Cc1noc(COc2ccc(NC(=O)c3cccc(Nc4cnn(C)c4)c3)cc2)n1. The van der Waals surface area contributed by atoms with E-state index in [-0.39, 0.29) is 12.5 Å². The Morgan fingerprint density at radius 2 is 1.97 bits per heavy atom. The van der Waals surface area contributed by atoms with Gasteiger partial charge in [-0.15, -0.1) is 0 Å². The minimum Gasteiger partial charge on any atom is -0.484 e. The first-order valence-electron chi connectivity index (χ1n) is 9.24. The number of rotatable bonds is 7. The fourth-order valence-electron chi connectivity index (χ4n) is 2.77. The Labute approximate surface area is 172 Å². The zero-order chi connectivity index (χ0) is 20.9. The number of nitrogens with one attached hydrogen (secondary N) is 2. The van der Waals surface area contributed by atoms with Gasteiger partial charge in [0, 0.05) is 30.2 Å². The summed E-state index contributed by atoms with van der Waals surface area (Å²) in [6.45, 7) is 1.93. The Kier molecular flexibility index (Phi) is 5.42. The van der Waals surface area contributed by atoms with Gasteiger partial charge in [0.15, 0.2) is 12.4 Å². The monoisotopic (exact) mass is 404 g/mol. The van der Waals surface area contributed by atoms with Crippen molar-refractivity contribution in [3.8, 4) is 5.75 Å². The van der Waals surface area contributed by atoms with Crippen LogP contribution in [0.15, 0.2) is 65.4 Å². The topological polar surface area (TPSA) is 107 Å². The Morgan fingerprint density at radius 3 is 2.67 bits per heavy atom. The molecule has 1 amide bonds. The van der Waals surface area contributed by atoms with Crippen LogP contribution in [0.1, 0.15) is 22.1 Å². The maximum Gasteiger partial charge on any atom is 0.264 e. The van der Waals surface area contributed by atoms with Gasteiger partial charge in [0.05, 0.1) is 11.9 Å². The molecule has 0 unspecified atom stereocenters. The maximum atomic E-state index is 12.6. The van der Waals surface area contributed by atoms with Crippen LogP contribution in [0.5, 0.6) is 5.75 Å². The number of carbonyl (C=O) groups is 1. The van der Waals surface area contributed by atoms with E-state index in [1.165, 1.54) is 0 Å². The smallest absolute Gasteiger partial charge is 0.264 e. The summed E-state index contributed by atoms with van der Waals surface area (Å²) in [7, 11) is 1.84. The second-order valence-electron chi connectivity index (χ2n) is 6.61. The Morgan fingerprint density at radius 1 is 1.13 bits per heavy atom. The molecule has 9 heteroatoms. The van der Waals surface area contributed by atoms with Crippen molar-refractivity contribution < 1.29 is 14.1 Å². The number of ether oxygens (including phenoxy) is 1. The van der Waals surface area contributed by atoms with E-state index >= 15 is 0 Å². The average Bonchev–Trinajstić information content (AvgIpc) is 3.35. The highest BCUT2D eigenvalue weighted by atomic mass is 16.5. The van der Waals surface area contributed by atoms with Crippen LogP contribution >= 0.6 is 0 Å². The van der Waals surface area contributed by atoms with Crippen molar-refractivity contribution in [2.45, 2.75) is 13.5 Å². The largest absolute Gasteiger partial charge is 0.484 e. The molecule has 2 aromatic heterocycles. The third kappa shape index (κ3) is 4.82. The molecule has 4 aromatic rings. The number of aromatic nitrogens is 4. The van der Waals surface area contributed by atoms with Gasteiger partial charge in [0.25, 0.3) is 11.8 Å². The van der Waals surface area contributed by atoms with Crippen molar-refractivity contribution in [2.75, 3.05) is 10.6 Å². The predicted molar refractivity (Wildman–Crippen MR) is 111 cm³/mol. The van der Waals surface area contributed by atoms with Crippen LogP contribution in [-0.2, 0) is 13.7 Å². The Bertz CT molecular complexity index is 1150. The molecule has 9 nitrogen and oxygen atoms in total. The van der Waals surface area contributed by atoms with Crippen molar-refractivity contribution >= 4 is 23.0 Å². The van der Waals surface area contributed by atoms with Gasteiger partial charge in [-0.3, -0.25) is 9.48 Å². The van der Waals surface area contributed by atoms with E-state index in [1.807, 2.05) is 25.4 Å². The number of benzene rings is 2. The Hall–Kier alpha value is -4.14. The molecule has 4 rings (SSSR count). The lowest BCUT2D eigenvalue weighted by Gasteiger charge is -2.09. The highest BCUT2D eigenvalue weighted by molar-refractivity contribution is 6.04. The van der Waals surface area contributed by atoms with Gasteiger partial charge in [0.1, 0.15) is 5.75 Å². The summed E-state index contributed by atoms with van der Waals surface area (Å²) >= 11 is 0. The number of carbonyl (C=O) groups excluding carboxylic acids is 1. The van der Waals surface area contributed by atoms with E-state index in [2.05, 4.69) is 25.9 Å². The van der Waals surface area contributed by atoms with Crippen LogP contribution in [0.3, 0.4) is 0 Å². The van der Waals surface area contributed by atoms with Crippen molar-refractivity contribution in [3.63, 3.8) is 0 Å². The third-order valence-corrected chi connectivity index (χ3v) is 4.16. The molecule has 2 aromatic carbocycles. The first kappa shape index (κ1) is 19.2. The summed E-state index contributed by atoms with van der Waals surface area (Å²) in [5, 5.41) is 13.9. The molecule has 0 aliphatic heterocycles. The lowest BCUT2D eigenvalue weighted by Crippen LogP contribution is -2.12. The minimum atomic E-state index is -0.208. The lowest BCUT2D eigenvalue weighted by atomic mass is 10.1. The zero-order valence-electron chi connectivity index (χ0n) is 16.5. The summed E-state index contributed by atoms with van der Waals surface area (Å²) in [6, 6.07) is 14.3. The van der Waals surface area contributed by atoms with Crippen LogP contribution in [0.4, 0.5) is 17.1 Å². The van der Waals surface area contributed by atoms with E-state index in [4.69, 9.17) is 9.26 Å². The van der Waals surface area contributed by atoms with Crippen molar-refractivity contribution in [3.05, 3.63) is 78.2 Å². The zero-order valence-corrected chi connectivity index (χ0v) is 16.5. The average molecular weight is 404 g/mol. The van der Waals surface area contributed by atoms with Crippen LogP contribution in [0.25, 0.3) is 0 Å². The molecule has 0 bridgehead atoms. The fourth-order valence-corrected chi connectivity index (χ4v) is 2.77. The van der Waals surface area contributed by atoms with E-state index in [0.717, 1.165) is 11.4 Å². The first-order chi connectivity index (χ1) is 14.5. The van der Waals surface area contributed by atoms with Crippen molar-refractivity contribution in [1.82, 2.24) is 19.9 Å². The fraction of sp³-hybridized carbons (Fsp3) is 0.143. The number of anilines is 3. The molecule has 0 saturated carbocycles. The summed E-state index contributed by atoms with van der Waals surface area (Å²) in [4.78, 5) is 16.7. The molecule has 0 saturated heterocycles. The van der Waals surface area contributed by atoms with Gasteiger partial charge in [-0.1, -0.05) is 11.2 Å². The van der Waals surface area contributed by atoms with E-state index in [0.29, 0.717) is 28.7 Å². The van der Waals surface area contributed by atoms with Crippen molar-refractivity contribution in [1.29, 1.82) is 0 Å². The number of amides is 1. The second kappa shape index (κ2) is 8.48. The van der Waals surface area contributed by atoms with Gasteiger partial charge in [-0.05, 0) is 49.4 Å². The van der Waals surface area contributed by atoms with Crippen LogP contribution < -0.4 is 15.4 Å². The molecular formula is C21H20N6O3. The maximum absolute atomic E-state index is 12.6. The number of hydrogen-bond donors (Lipinski definition) is 2. The van der Waals surface area contributed by atoms with Crippen molar-refractivity contribution in [2.24, 2.45) is 7.05 Å². The summed E-state index contributed by atoms with van der Waals surface area (Å²) in [5.74, 6) is 1.39. The Balaban J connectivity index is 1.35. The number of nitrogens with zero attached hydrogens (tertiary/aromatic N) is 4. The molecule has 2 heterocycles. The van der Waals surface area contributed by atoms with Gasteiger partial charge < -0.3 is 19.9 Å². The highest BCUT2D eigenvalue weighted by Gasteiger charge is 2.08. The standard InChI is InChI=1S/C21H20N6O3/c1-14-23-20(30-26-14)13-29-19-8-6-16(7-9-19)25-21(28)15-4-3-5-17(10-15)24-18-11-22-27(2)12-18/h3-12,24H,13H2,1-2H3,(H,25,28). The van der Waals surface area contributed by atoms with Crippen LogP contribution in [-0.4, -0.2) is 25.8 Å². The van der Waals surface area contributed by atoms with E-state index in [1.54, 1.807) is 54.2 Å². The van der Waals surface area contributed by atoms with E-state index < -0.39 is 0 Å². The summed E-state index contributed by atoms with van der Waals surface area (Å²) < 4.78 is 12.3. The molecule has 0 fully saturated rings. The molecule has 152 valence electrons. The molecule has 0 aliphatic carbocycles. The molecule has 30 heavy (non-hydrogen) atoms. The normalized spacial score (nSPS) is 10.6. The summed E-state index contributed by atoms with van der Waals surface area (Å²) in [6.07, 6.45) is 3.58. The summed E-state index contributed by atoms with van der Waals surface area (Å²) in [5.41, 5.74) is 2.85. The lowest BCUT2D eigenvalue weighted by molar-refractivity contribution is 0.102. The highest BCUT2D eigenvalue weighted by Crippen LogP contribution is 2.20. The molecule has 0 aliphatic rings. The van der Waals surface area contributed by atoms with Gasteiger partial charge >= 0.3 is 0 Å². The molecule has 0 atom stereocenters. The van der Waals surface area contributed by atoms with Crippen LogP contribution in [0.2, 0.25) is 0 Å². The van der Waals surface area contributed by atoms with E-state index in [9.17, 15) is 4.79 Å². The third-order valence-electron chi connectivity index (χ3n) is 4.16. The number of aryl methyl sites for hydroxylation is 2. The predicted octanol–water partition coefficient (Wildman–Crippen LogP) is 3.69.